The Morgan fingerprint density at radius 2 is 2.20 bits per heavy atom. The molecule has 0 saturated carbocycles. The molecule has 0 amide bonds. The standard InChI is InChI=1S/C15H18ClFN2S/c1-3-18-11(8-15-19-10(2)9-20-15)7-12-13(16)5-4-6-14(12)17/h4-6,9,11,18H,3,7-8H2,1-2H3. The lowest BCUT2D eigenvalue weighted by Crippen LogP contribution is -2.33. The highest BCUT2D eigenvalue weighted by atomic mass is 35.5. The van der Waals surface area contributed by atoms with Crippen LogP contribution in [0.25, 0.3) is 0 Å². The van der Waals surface area contributed by atoms with Crippen molar-refractivity contribution in [1.82, 2.24) is 10.3 Å². The van der Waals surface area contributed by atoms with E-state index in [0.29, 0.717) is 17.0 Å². The van der Waals surface area contributed by atoms with Crippen LogP contribution in [0.15, 0.2) is 23.6 Å². The predicted molar refractivity (Wildman–Crippen MR) is 83.1 cm³/mol. The molecule has 0 aliphatic heterocycles. The third-order valence-corrected chi connectivity index (χ3v) is 4.44. The summed E-state index contributed by atoms with van der Waals surface area (Å²) < 4.78 is 13.9. The summed E-state index contributed by atoms with van der Waals surface area (Å²) in [5.74, 6) is -0.240. The highest BCUT2D eigenvalue weighted by Gasteiger charge is 2.16. The van der Waals surface area contributed by atoms with Crippen molar-refractivity contribution in [1.29, 1.82) is 0 Å². The van der Waals surface area contributed by atoms with Gasteiger partial charge in [0.05, 0.1) is 5.01 Å². The quantitative estimate of drug-likeness (QED) is 0.872. The van der Waals surface area contributed by atoms with Crippen molar-refractivity contribution in [3.8, 4) is 0 Å². The smallest absolute Gasteiger partial charge is 0.127 e. The van der Waals surface area contributed by atoms with Gasteiger partial charge in [-0.25, -0.2) is 9.37 Å². The number of likely N-dealkylation sites (N-methyl/N-ethyl adjacent to an activating group) is 1. The van der Waals surface area contributed by atoms with E-state index in [9.17, 15) is 4.39 Å². The number of hydrogen-bond donors (Lipinski definition) is 1. The van der Waals surface area contributed by atoms with Crippen LogP contribution in [0.3, 0.4) is 0 Å². The number of nitrogens with zero attached hydrogens (tertiary/aromatic N) is 1. The molecule has 0 radical (unpaired) electrons. The molecular weight excluding hydrogens is 295 g/mol. The van der Waals surface area contributed by atoms with Gasteiger partial charge >= 0.3 is 0 Å². The van der Waals surface area contributed by atoms with Crippen LogP contribution in [0, 0.1) is 12.7 Å². The van der Waals surface area contributed by atoms with E-state index in [4.69, 9.17) is 11.6 Å². The number of hydrogen-bond acceptors (Lipinski definition) is 3. The van der Waals surface area contributed by atoms with Gasteiger partial charge in [-0.05, 0) is 32.0 Å². The Morgan fingerprint density at radius 3 is 2.80 bits per heavy atom. The first-order valence-electron chi connectivity index (χ1n) is 6.67. The molecule has 0 spiro atoms. The van der Waals surface area contributed by atoms with E-state index in [0.717, 1.165) is 23.7 Å². The zero-order valence-electron chi connectivity index (χ0n) is 11.6. The Kier molecular flexibility index (Phi) is 5.52. The van der Waals surface area contributed by atoms with Crippen LogP contribution < -0.4 is 5.32 Å². The van der Waals surface area contributed by atoms with Crippen molar-refractivity contribution in [2.75, 3.05) is 6.54 Å². The molecule has 5 heteroatoms. The van der Waals surface area contributed by atoms with Crippen LogP contribution in [0.2, 0.25) is 5.02 Å². The van der Waals surface area contributed by atoms with Gasteiger partial charge < -0.3 is 5.32 Å². The SMILES string of the molecule is CCNC(Cc1nc(C)cs1)Cc1c(F)cccc1Cl. The third-order valence-electron chi connectivity index (χ3n) is 3.09. The number of aromatic nitrogens is 1. The van der Waals surface area contributed by atoms with Gasteiger partial charge in [0.2, 0.25) is 0 Å². The molecule has 0 fully saturated rings. The molecule has 1 N–H and O–H groups in total. The number of aryl methyl sites for hydroxylation is 1. The van der Waals surface area contributed by atoms with Gasteiger partial charge in [-0.1, -0.05) is 24.6 Å². The van der Waals surface area contributed by atoms with Crippen molar-refractivity contribution in [3.05, 3.63) is 50.7 Å². The molecule has 1 aromatic heterocycles. The third kappa shape index (κ3) is 4.01. The molecule has 1 atom stereocenters. The van der Waals surface area contributed by atoms with E-state index in [-0.39, 0.29) is 11.9 Å². The lowest BCUT2D eigenvalue weighted by atomic mass is 10.0. The molecular formula is C15H18ClFN2S. The molecule has 0 aliphatic carbocycles. The van der Waals surface area contributed by atoms with Gasteiger partial charge in [0.25, 0.3) is 0 Å². The normalized spacial score (nSPS) is 12.6. The second-order valence-corrected chi connectivity index (χ2v) is 6.10. The molecule has 1 aromatic carbocycles. The Labute approximate surface area is 128 Å². The first kappa shape index (κ1) is 15.4. The van der Waals surface area contributed by atoms with Gasteiger partial charge in [-0.15, -0.1) is 11.3 Å². The van der Waals surface area contributed by atoms with E-state index >= 15 is 0 Å². The maximum absolute atomic E-state index is 13.9. The maximum Gasteiger partial charge on any atom is 0.127 e. The molecule has 0 bridgehead atoms. The average Bonchev–Trinajstić information content (AvgIpc) is 2.80. The summed E-state index contributed by atoms with van der Waals surface area (Å²) in [4.78, 5) is 4.47. The molecule has 0 saturated heterocycles. The van der Waals surface area contributed by atoms with Crippen LogP contribution >= 0.6 is 22.9 Å². The van der Waals surface area contributed by atoms with E-state index in [1.54, 1.807) is 23.5 Å². The summed E-state index contributed by atoms with van der Waals surface area (Å²) in [5.41, 5.74) is 1.61. The molecule has 2 nitrogen and oxygen atoms in total. The molecule has 0 aliphatic rings. The topological polar surface area (TPSA) is 24.9 Å². The second kappa shape index (κ2) is 7.16. The fourth-order valence-corrected chi connectivity index (χ4v) is 3.28. The van der Waals surface area contributed by atoms with Crippen LogP contribution in [0.4, 0.5) is 4.39 Å². The molecule has 108 valence electrons. The number of thiazole rings is 1. The van der Waals surface area contributed by atoms with Crippen molar-refractivity contribution in [2.24, 2.45) is 0 Å². The summed E-state index contributed by atoms with van der Waals surface area (Å²) in [5, 5.41) is 6.98. The van der Waals surface area contributed by atoms with Gasteiger partial charge in [-0.2, -0.15) is 0 Å². The summed E-state index contributed by atoms with van der Waals surface area (Å²) >= 11 is 7.74. The van der Waals surface area contributed by atoms with Gasteiger partial charge in [0.15, 0.2) is 0 Å². The Balaban J connectivity index is 2.13. The van der Waals surface area contributed by atoms with Crippen molar-refractivity contribution in [2.45, 2.75) is 32.7 Å². The highest BCUT2D eigenvalue weighted by molar-refractivity contribution is 7.09. The Bertz CT molecular complexity index is 551. The molecule has 2 rings (SSSR count). The van der Waals surface area contributed by atoms with Crippen molar-refractivity contribution in [3.63, 3.8) is 0 Å². The molecule has 1 unspecified atom stereocenters. The van der Waals surface area contributed by atoms with Crippen molar-refractivity contribution >= 4 is 22.9 Å². The van der Waals surface area contributed by atoms with Crippen LogP contribution in [0.1, 0.15) is 23.2 Å². The minimum Gasteiger partial charge on any atom is -0.314 e. The Morgan fingerprint density at radius 1 is 1.40 bits per heavy atom. The highest BCUT2D eigenvalue weighted by Crippen LogP contribution is 2.22. The van der Waals surface area contributed by atoms with Gasteiger partial charge in [0, 0.05) is 34.1 Å². The predicted octanol–water partition coefficient (Wildman–Crippen LogP) is 4.01. The van der Waals surface area contributed by atoms with Crippen molar-refractivity contribution < 1.29 is 4.39 Å². The number of nitrogens with one attached hydrogen (secondary N) is 1. The zero-order valence-corrected chi connectivity index (χ0v) is 13.2. The average molecular weight is 313 g/mol. The number of benzene rings is 1. The second-order valence-electron chi connectivity index (χ2n) is 4.75. The monoisotopic (exact) mass is 312 g/mol. The summed E-state index contributed by atoms with van der Waals surface area (Å²) in [6.07, 6.45) is 1.36. The zero-order chi connectivity index (χ0) is 14.5. The molecule has 1 heterocycles. The lowest BCUT2D eigenvalue weighted by molar-refractivity contribution is 0.505. The maximum atomic E-state index is 13.9. The summed E-state index contributed by atoms with van der Waals surface area (Å²) in [6, 6.07) is 4.96. The fourth-order valence-electron chi connectivity index (χ4n) is 2.19. The lowest BCUT2D eigenvalue weighted by Gasteiger charge is -2.18. The Hall–Kier alpha value is -0.970. The van der Waals surface area contributed by atoms with E-state index in [2.05, 4.69) is 10.3 Å². The molecule has 20 heavy (non-hydrogen) atoms. The molecule has 2 aromatic rings. The van der Waals surface area contributed by atoms with Crippen LogP contribution in [-0.2, 0) is 12.8 Å². The fraction of sp³-hybridized carbons (Fsp3) is 0.400. The van der Waals surface area contributed by atoms with E-state index in [1.807, 2.05) is 19.2 Å². The van der Waals surface area contributed by atoms with Gasteiger partial charge in [-0.3, -0.25) is 0 Å². The largest absolute Gasteiger partial charge is 0.314 e. The van der Waals surface area contributed by atoms with Gasteiger partial charge in [0.1, 0.15) is 5.82 Å². The summed E-state index contributed by atoms with van der Waals surface area (Å²) in [7, 11) is 0. The first-order valence-corrected chi connectivity index (χ1v) is 7.93. The first-order chi connectivity index (χ1) is 9.60. The number of halogens is 2. The summed E-state index contributed by atoms with van der Waals surface area (Å²) in [6.45, 7) is 4.86. The minimum absolute atomic E-state index is 0.139. The number of rotatable bonds is 6. The van der Waals surface area contributed by atoms with E-state index in [1.165, 1.54) is 6.07 Å². The van der Waals surface area contributed by atoms with E-state index < -0.39 is 0 Å². The van der Waals surface area contributed by atoms with Crippen LogP contribution in [-0.4, -0.2) is 17.6 Å². The minimum atomic E-state index is -0.240. The van der Waals surface area contributed by atoms with Crippen LogP contribution in [0.5, 0.6) is 0 Å².